The Morgan fingerprint density at radius 3 is 2.92 bits per heavy atom. The number of hydrogen-bond donors (Lipinski definition) is 2. The van der Waals surface area contributed by atoms with E-state index < -0.39 is 5.54 Å². The van der Waals surface area contributed by atoms with Crippen LogP contribution in [0.25, 0.3) is 11.5 Å². The summed E-state index contributed by atoms with van der Waals surface area (Å²) in [5.41, 5.74) is 7.21. The largest absolute Gasteiger partial charge is 0.368 e. The average Bonchev–Trinajstić information content (AvgIpc) is 3.24. The molecule has 0 bridgehead atoms. The number of carbonyl (C=O) groups excluding carboxylic acids is 1. The minimum atomic E-state index is -0.451. The van der Waals surface area contributed by atoms with Crippen molar-refractivity contribution in [2.75, 3.05) is 11.9 Å². The van der Waals surface area contributed by atoms with Crippen LogP contribution in [0.4, 0.5) is 5.69 Å². The number of anilines is 1. The van der Waals surface area contributed by atoms with E-state index in [1.54, 1.807) is 0 Å². The van der Waals surface area contributed by atoms with Crippen LogP contribution in [-0.4, -0.2) is 28.8 Å². The molecule has 2 fully saturated rings. The van der Waals surface area contributed by atoms with Crippen LogP contribution in [0.3, 0.4) is 0 Å². The Morgan fingerprint density at radius 2 is 2.21 bits per heavy atom. The maximum absolute atomic E-state index is 12.1. The third-order valence-corrected chi connectivity index (χ3v) is 4.72. The van der Waals surface area contributed by atoms with Crippen molar-refractivity contribution in [2.45, 2.75) is 43.7 Å². The standard InChI is InChI=1S/C17H20N4O3/c18-17(7-3-8-17)16-20-15(24-21-16)11-4-1-5-12(10-11)19-14(22)13-6-2-9-23-13/h1,4-5,10,13H,2-3,6-9,18H2,(H,19,22). The van der Waals surface area contributed by atoms with E-state index in [4.69, 9.17) is 15.0 Å². The molecule has 1 atom stereocenters. The molecule has 3 N–H and O–H groups in total. The highest BCUT2D eigenvalue weighted by Gasteiger charge is 2.39. The summed E-state index contributed by atoms with van der Waals surface area (Å²) in [5, 5.41) is 6.90. The molecule has 2 aromatic rings. The summed E-state index contributed by atoms with van der Waals surface area (Å²) in [6, 6.07) is 7.34. The number of aromatic nitrogens is 2. The van der Waals surface area contributed by atoms with Crippen molar-refractivity contribution in [2.24, 2.45) is 5.73 Å². The minimum Gasteiger partial charge on any atom is -0.368 e. The van der Waals surface area contributed by atoms with Gasteiger partial charge in [-0.3, -0.25) is 4.79 Å². The number of hydrogen-bond acceptors (Lipinski definition) is 6. The summed E-state index contributed by atoms with van der Waals surface area (Å²) in [4.78, 5) is 16.6. The summed E-state index contributed by atoms with van der Waals surface area (Å²) >= 11 is 0. The molecule has 7 nitrogen and oxygen atoms in total. The van der Waals surface area contributed by atoms with Crippen LogP contribution in [0, 0.1) is 0 Å². The lowest BCUT2D eigenvalue weighted by molar-refractivity contribution is -0.124. The zero-order valence-corrected chi connectivity index (χ0v) is 13.3. The number of benzene rings is 1. The molecule has 0 spiro atoms. The molecule has 2 aliphatic rings. The van der Waals surface area contributed by atoms with Crippen LogP contribution in [0.1, 0.15) is 37.9 Å². The molecule has 2 heterocycles. The quantitative estimate of drug-likeness (QED) is 0.891. The van der Waals surface area contributed by atoms with E-state index in [0.29, 0.717) is 24.0 Å². The Bertz CT molecular complexity index is 748. The van der Waals surface area contributed by atoms with Crippen LogP contribution in [0.2, 0.25) is 0 Å². The Kier molecular flexibility index (Phi) is 3.82. The van der Waals surface area contributed by atoms with Gasteiger partial charge in [0.2, 0.25) is 0 Å². The number of amides is 1. The molecule has 0 radical (unpaired) electrons. The van der Waals surface area contributed by atoms with Crippen LogP contribution in [0.5, 0.6) is 0 Å². The fourth-order valence-electron chi connectivity index (χ4n) is 3.06. The van der Waals surface area contributed by atoms with E-state index in [2.05, 4.69) is 15.5 Å². The van der Waals surface area contributed by atoms with Gasteiger partial charge >= 0.3 is 0 Å². The van der Waals surface area contributed by atoms with Gasteiger partial charge in [0.25, 0.3) is 11.8 Å². The van der Waals surface area contributed by atoms with Crippen molar-refractivity contribution < 1.29 is 14.1 Å². The van der Waals surface area contributed by atoms with E-state index in [1.807, 2.05) is 24.3 Å². The SMILES string of the molecule is NC1(c2noc(-c3cccc(NC(=O)C4CCCO4)c3)n2)CCC1. The monoisotopic (exact) mass is 328 g/mol. The van der Waals surface area contributed by atoms with Crippen molar-refractivity contribution in [1.82, 2.24) is 10.1 Å². The minimum absolute atomic E-state index is 0.119. The van der Waals surface area contributed by atoms with Crippen LogP contribution >= 0.6 is 0 Å². The number of ether oxygens (including phenoxy) is 1. The van der Waals surface area contributed by atoms with Gasteiger partial charge in [0, 0.05) is 17.9 Å². The summed E-state index contributed by atoms with van der Waals surface area (Å²) in [5.74, 6) is 0.846. The third-order valence-electron chi connectivity index (χ3n) is 4.72. The summed E-state index contributed by atoms with van der Waals surface area (Å²) in [6.45, 7) is 0.643. The molecular formula is C17H20N4O3. The maximum atomic E-state index is 12.1. The molecule has 1 saturated heterocycles. The normalized spacial score (nSPS) is 22.1. The van der Waals surface area contributed by atoms with E-state index in [9.17, 15) is 4.79 Å². The van der Waals surface area contributed by atoms with Crippen LogP contribution in [0.15, 0.2) is 28.8 Å². The smallest absolute Gasteiger partial charge is 0.258 e. The lowest BCUT2D eigenvalue weighted by atomic mass is 9.77. The molecule has 1 aliphatic heterocycles. The van der Waals surface area contributed by atoms with Gasteiger partial charge in [0.05, 0.1) is 5.54 Å². The molecule has 1 amide bonds. The number of nitrogens with zero attached hydrogens (tertiary/aromatic N) is 2. The lowest BCUT2D eigenvalue weighted by Crippen LogP contribution is -2.44. The zero-order valence-electron chi connectivity index (χ0n) is 13.3. The topological polar surface area (TPSA) is 103 Å². The second-order valence-electron chi connectivity index (χ2n) is 6.50. The first-order valence-corrected chi connectivity index (χ1v) is 8.30. The van der Waals surface area contributed by atoms with Gasteiger partial charge in [-0.25, -0.2) is 0 Å². The first-order valence-electron chi connectivity index (χ1n) is 8.30. The molecular weight excluding hydrogens is 308 g/mol. The summed E-state index contributed by atoms with van der Waals surface area (Å²) in [7, 11) is 0. The molecule has 24 heavy (non-hydrogen) atoms. The van der Waals surface area contributed by atoms with Crippen molar-refractivity contribution in [3.63, 3.8) is 0 Å². The third kappa shape index (κ3) is 2.81. The van der Waals surface area contributed by atoms with Crippen molar-refractivity contribution in [3.8, 4) is 11.5 Å². The molecule has 1 saturated carbocycles. The Hall–Kier alpha value is -2.25. The second kappa shape index (κ2) is 5.99. The predicted octanol–water partition coefficient (Wildman–Crippen LogP) is 2.19. The molecule has 1 aromatic carbocycles. The first-order chi connectivity index (χ1) is 11.6. The van der Waals surface area contributed by atoms with Crippen molar-refractivity contribution in [1.29, 1.82) is 0 Å². The average molecular weight is 328 g/mol. The molecule has 4 rings (SSSR count). The molecule has 1 aromatic heterocycles. The highest BCUT2D eigenvalue weighted by atomic mass is 16.5. The summed E-state index contributed by atoms with van der Waals surface area (Å²) < 4.78 is 10.7. The van der Waals surface area contributed by atoms with Gasteiger partial charge in [0.1, 0.15) is 6.10 Å². The van der Waals surface area contributed by atoms with Crippen molar-refractivity contribution >= 4 is 11.6 Å². The Morgan fingerprint density at radius 1 is 1.33 bits per heavy atom. The Labute approximate surface area is 139 Å². The van der Waals surface area contributed by atoms with Gasteiger partial charge in [-0.2, -0.15) is 4.98 Å². The second-order valence-corrected chi connectivity index (χ2v) is 6.50. The number of nitrogens with one attached hydrogen (secondary N) is 1. The van der Waals surface area contributed by atoms with Crippen LogP contribution in [-0.2, 0) is 15.1 Å². The molecule has 1 aliphatic carbocycles. The van der Waals surface area contributed by atoms with Crippen molar-refractivity contribution in [3.05, 3.63) is 30.1 Å². The summed E-state index contributed by atoms with van der Waals surface area (Å²) in [6.07, 6.45) is 4.16. The molecule has 126 valence electrons. The van der Waals surface area contributed by atoms with Gasteiger partial charge in [0.15, 0.2) is 5.82 Å². The predicted molar refractivity (Wildman–Crippen MR) is 87.1 cm³/mol. The van der Waals surface area contributed by atoms with E-state index in [1.165, 1.54) is 0 Å². The first kappa shape index (κ1) is 15.3. The van der Waals surface area contributed by atoms with Gasteiger partial charge in [-0.1, -0.05) is 11.2 Å². The lowest BCUT2D eigenvalue weighted by Gasteiger charge is -2.34. The maximum Gasteiger partial charge on any atom is 0.258 e. The highest BCUT2D eigenvalue weighted by molar-refractivity contribution is 5.94. The fourth-order valence-corrected chi connectivity index (χ4v) is 3.06. The van der Waals surface area contributed by atoms with Gasteiger partial charge < -0.3 is 20.3 Å². The van der Waals surface area contributed by atoms with Crippen LogP contribution < -0.4 is 11.1 Å². The highest BCUT2D eigenvalue weighted by Crippen LogP contribution is 2.37. The number of nitrogens with two attached hydrogens (primary N) is 1. The van der Waals surface area contributed by atoms with Gasteiger partial charge in [-0.05, 0) is 50.3 Å². The fraction of sp³-hybridized carbons (Fsp3) is 0.471. The number of rotatable bonds is 4. The van der Waals surface area contributed by atoms with E-state index in [-0.39, 0.29) is 12.0 Å². The van der Waals surface area contributed by atoms with E-state index in [0.717, 1.165) is 37.7 Å². The van der Waals surface area contributed by atoms with E-state index >= 15 is 0 Å². The molecule has 1 unspecified atom stereocenters. The Balaban J connectivity index is 1.51. The number of carbonyl (C=O) groups is 1. The van der Waals surface area contributed by atoms with Gasteiger partial charge in [-0.15, -0.1) is 0 Å². The zero-order chi connectivity index (χ0) is 16.6. The molecule has 7 heteroatoms.